The number of aliphatic hydroxyl groups is 2. The van der Waals surface area contributed by atoms with E-state index in [-0.39, 0.29) is 16.7 Å². The van der Waals surface area contributed by atoms with Crippen molar-refractivity contribution in [1.29, 1.82) is 0 Å². The minimum absolute atomic E-state index is 0.0369. The van der Waals surface area contributed by atoms with Crippen LogP contribution in [0.3, 0.4) is 0 Å². The molecule has 4 aromatic rings. The monoisotopic (exact) mass is 660 g/mol. The van der Waals surface area contributed by atoms with Gasteiger partial charge in [0.05, 0.1) is 38.9 Å². The Labute approximate surface area is 281 Å². The van der Waals surface area contributed by atoms with Gasteiger partial charge >= 0.3 is 0 Å². The number of nitro benzene ring substituents is 1. The van der Waals surface area contributed by atoms with Crippen molar-refractivity contribution in [2.24, 2.45) is 0 Å². The lowest BCUT2D eigenvalue weighted by Gasteiger charge is -2.34. The first-order valence-electron chi connectivity index (χ1n) is 16.6. The molecule has 2 aromatic carbocycles. The summed E-state index contributed by atoms with van der Waals surface area (Å²) in [7, 11) is 0. The molecule has 0 atom stereocenters. The van der Waals surface area contributed by atoms with E-state index >= 15 is 0 Å². The van der Waals surface area contributed by atoms with Crippen molar-refractivity contribution in [3.63, 3.8) is 0 Å². The molecule has 258 valence electrons. The Balaban J connectivity index is 0.000000188. The Kier molecular flexibility index (Phi) is 10.2. The van der Waals surface area contributed by atoms with Crippen LogP contribution in [0.4, 0.5) is 22.7 Å². The summed E-state index contributed by atoms with van der Waals surface area (Å²) in [6, 6.07) is 11.7. The molecule has 0 unspecified atom stereocenters. The molecule has 0 saturated heterocycles. The highest BCUT2D eigenvalue weighted by Crippen LogP contribution is 2.37. The van der Waals surface area contributed by atoms with Gasteiger partial charge in [-0.1, -0.05) is 22.4 Å². The van der Waals surface area contributed by atoms with Gasteiger partial charge in [0.2, 0.25) is 0 Å². The fraction of sp³-hybridized carbons (Fsp3) is 0.500. The topological polar surface area (TPSA) is 186 Å². The van der Waals surface area contributed by atoms with Crippen LogP contribution in [0.15, 0.2) is 45.4 Å². The number of aryl methyl sites for hydroxylation is 4. The van der Waals surface area contributed by atoms with Crippen LogP contribution in [0.1, 0.15) is 88.1 Å². The summed E-state index contributed by atoms with van der Waals surface area (Å²) in [4.78, 5) is 11.2. The van der Waals surface area contributed by atoms with Gasteiger partial charge < -0.3 is 35.6 Å². The Morgan fingerprint density at radius 2 is 1.19 bits per heavy atom. The van der Waals surface area contributed by atoms with Crippen LogP contribution < -0.4 is 16.4 Å². The number of nitrogens with two attached hydrogens (primary N) is 1. The molecule has 0 radical (unpaired) electrons. The highest BCUT2D eigenvalue weighted by Gasteiger charge is 2.30. The number of anilines is 3. The summed E-state index contributed by atoms with van der Waals surface area (Å²) in [5.74, 6) is 1.44. The molecule has 6 N–H and O–H groups in total. The first kappa shape index (κ1) is 34.9. The molecule has 48 heavy (non-hydrogen) atoms. The zero-order valence-electron chi connectivity index (χ0n) is 28.7. The summed E-state index contributed by atoms with van der Waals surface area (Å²) in [5, 5.41) is 46.3. The number of nitrogen functional groups attached to an aromatic ring is 1. The fourth-order valence-electron chi connectivity index (χ4n) is 6.81. The van der Waals surface area contributed by atoms with Crippen LogP contribution in [0.2, 0.25) is 0 Å². The maximum absolute atomic E-state index is 11.5. The number of rotatable bonds is 7. The average molecular weight is 661 g/mol. The van der Waals surface area contributed by atoms with Crippen molar-refractivity contribution in [1.82, 2.24) is 10.3 Å². The molecule has 12 nitrogen and oxygen atoms in total. The number of hydrogen-bond acceptors (Lipinski definition) is 11. The van der Waals surface area contributed by atoms with Gasteiger partial charge in [0.1, 0.15) is 17.2 Å². The first-order valence-corrected chi connectivity index (χ1v) is 16.6. The van der Waals surface area contributed by atoms with Gasteiger partial charge in [0.25, 0.3) is 5.69 Å². The lowest BCUT2D eigenvalue weighted by molar-refractivity contribution is -0.383. The molecule has 2 aliphatic carbocycles. The number of aromatic nitrogens is 2. The molecule has 2 fully saturated rings. The Morgan fingerprint density at radius 1 is 0.771 bits per heavy atom. The molecule has 0 aliphatic heterocycles. The van der Waals surface area contributed by atoms with E-state index in [9.17, 15) is 20.3 Å². The number of nitrogens with one attached hydrogen (secondary N) is 2. The minimum Gasteiger partial charge on any atom is -0.397 e. The summed E-state index contributed by atoms with van der Waals surface area (Å²) in [6.07, 6.45) is 6.51. The third-order valence-corrected chi connectivity index (χ3v) is 9.73. The Bertz CT molecular complexity index is 1700. The molecule has 2 saturated carbocycles. The van der Waals surface area contributed by atoms with E-state index in [0.717, 1.165) is 83.6 Å². The molecule has 2 aliphatic rings. The number of hydrogen-bond donors (Lipinski definition) is 5. The van der Waals surface area contributed by atoms with E-state index in [1.165, 1.54) is 0 Å². The van der Waals surface area contributed by atoms with Crippen LogP contribution in [-0.2, 0) is 0 Å². The van der Waals surface area contributed by atoms with E-state index in [1.54, 1.807) is 19.1 Å². The lowest BCUT2D eigenvalue weighted by atomic mass is 9.83. The van der Waals surface area contributed by atoms with E-state index < -0.39 is 11.2 Å². The van der Waals surface area contributed by atoms with E-state index in [2.05, 4.69) is 20.9 Å². The Morgan fingerprint density at radius 3 is 1.58 bits per heavy atom. The third kappa shape index (κ3) is 8.16. The Hall–Kier alpha value is -4.42. The summed E-state index contributed by atoms with van der Waals surface area (Å²) in [5.41, 5.74) is 12.4. The van der Waals surface area contributed by atoms with Gasteiger partial charge in [-0.05, 0) is 122 Å². The second kappa shape index (κ2) is 14.0. The van der Waals surface area contributed by atoms with Gasteiger partial charge in [0, 0.05) is 29.3 Å². The summed E-state index contributed by atoms with van der Waals surface area (Å²) < 4.78 is 10.4. The SMILES string of the molecule is Cc1noc(C)c1-c1ccc(NC2CCC(C)(O)CC2)c(N)c1.Cc1noc(C)c1-c1ccc(NC2CCC(C)(O)CC2)c([N+](=O)[O-])c1. The minimum atomic E-state index is -0.628. The second-order valence-corrected chi connectivity index (χ2v) is 14.0. The van der Waals surface area contributed by atoms with Gasteiger partial charge in [-0.25, -0.2) is 0 Å². The van der Waals surface area contributed by atoms with Crippen LogP contribution >= 0.6 is 0 Å². The smallest absolute Gasteiger partial charge is 0.292 e. The molecule has 0 amide bonds. The van der Waals surface area contributed by atoms with Gasteiger partial charge in [-0.15, -0.1) is 0 Å². The second-order valence-electron chi connectivity index (χ2n) is 14.0. The summed E-state index contributed by atoms with van der Waals surface area (Å²) in [6.45, 7) is 11.2. The van der Waals surface area contributed by atoms with Crippen LogP contribution in [0, 0.1) is 37.8 Å². The van der Waals surface area contributed by atoms with Gasteiger partial charge in [0.15, 0.2) is 0 Å². The van der Waals surface area contributed by atoms with Crippen molar-refractivity contribution in [2.75, 3.05) is 16.4 Å². The molecular formula is C36H48N6O6. The molecule has 12 heteroatoms. The number of benzene rings is 2. The molecule has 2 aromatic heterocycles. The average Bonchev–Trinajstić information content (AvgIpc) is 3.55. The molecule has 6 rings (SSSR count). The van der Waals surface area contributed by atoms with Gasteiger partial charge in [-0.2, -0.15) is 0 Å². The van der Waals surface area contributed by atoms with Crippen molar-refractivity contribution >= 4 is 22.7 Å². The quantitative estimate of drug-likeness (QED) is 0.0746. The maximum atomic E-state index is 11.5. The number of nitrogens with zero attached hydrogens (tertiary/aromatic N) is 3. The zero-order valence-corrected chi connectivity index (χ0v) is 28.7. The summed E-state index contributed by atoms with van der Waals surface area (Å²) >= 11 is 0. The third-order valence-electron chi connectivity index (χ3n) is 9.73. The van der Waals surface area contributed by atoms with Crippen LogP contribution in [0.5, 0.6) is 0 Å². The van der Waals surface area contributed by atoms with E-state index in [1.807, 2.05) is 58.9 Å². The van der Waals surface area contributed by atoms with Crippen LogP contribution in [-0.4, -0.2) is 48.7 Å². The largest absolute Gasteiger partial charge is 0.397 e. The molecular weight excluding hydrogens is 612 g/mol. The van der Waals surface area contributed by atoms with Crippen LogP contribution in [0.25, 0.3) is 22.3 Å². The van der Waals surface area contributed by atoms with Crippen molar-refractivity contribution in [2.45, 2.75) is 116 Å². The van der Waals surface area contributed by atoms with Crippen molar-refractivity contribution < 1.29 is 24.2 Å². The maximum Gasteiger partial charge on any atom is 0.292 e. The highest BCUT2D eigenvalue weighted by atomic mass is 16.6. The first-order chi connectivity index (χ1) is 22.6. The van der Waals surface area contributed by atoms with E-state index in [0.29, 0.717) is 36.0 Å². The highest BCUT2D eigenvalue weighted by molar-refractivity contribution is 5.78. The molecule has 2 heterocycles. The normalized spacial score (nSPS) is 24.0. The van der Waals surface area contributed by atoms with Gasteiger partial charge in [-0.3, -0.25) is 10.1 Å². The number of nitro groups is 1. The molecule has 0 spiro atoms. The van der Waals surface area contributed by atoms with Crippen molar-refractivity contribution in [3.8, 4) is 22.3 Å². The zero-order chi connectivity index (χ0) is 34.8. The van der Waals surface area contributed by atoms with Crippen molar-refractivity contribution in [3.05, 3.63) is 69.4 Å². The van der Waals surface area contributed by atoms with E-state index in [4.69, 9.17) is 14.8 Å². The predicted octanol–water partition coefficient (Wildman–Crippen LogP) is 7.62. The molecule has 0 bridgehead atoms. The lowest BCUT2D eigenvalue weighted by Crippen LogP contribution is -2.35. The standard InChI is InChI=1S/C18H23N3O4.C18H25N3O2/c1-11-17(12(2)25-20-11)13-4-5-15(16(10-13)21(23)24)19-14-6-8-18(3,22)9-7-14;1-11-17(12(2)23-21-11)13-4-5-16(15(19)10-13)20-14-6-8-18(3,22)9-7-14/h4-5,10,14,19,22H,6-9H2,1-3H3;4-5,10,14,20,22H,6-9,19H2,1-3H3. The predicted molar refractivity (Wildman–Crippen MR) is 187 cm³/mol. The fourth-order valence-corrected chi connectivity index (χ4v) is 6.81.